The summed E-state index contributed by atoms with van der Waals surface area (Å²) in [6.45, 7) is 3.00. The molecule has 0 unspecified atom stereocenters. The van der Waals surface area contributed by atoms with Crippen molar-refractivity contribution in [2.24, 2.45) is 5.73 Å². The fraction of sp³-hybridized carbons (Fsp3) is 0.176. The lowest BCUT2D eigenvalue weighted by molar-refractivity contribution is -0.137. The Morgan fingerprint density at radius 2 is 2.00 bits per heavy atom. The van der Waals surface area contributed by atoms with Gasteiger partial charge in [-0.3, -0.25) is 4.79 Å². The normalized spacial score (nSPS) is 11.3. The average molecular weight is 404 g/mol. The molecular formula is C17H14ClF4N3O2. The Bertz CT molecular complexity index is 954. The van der Waals surface area contributed by atoms with Gasteiger partial charge in [0.15, 0.2) is 0 Å². The first-order valence-corrected chi connectivity index (χ1v) is 7.87. The molecule has 0 aliphatic heterocycles. The molecule has 0 spiro atoms. The van der Waals surface area contributed by atoms with Crippen molar-refractivity contribution >= 4 is 23.3 Å². The van der Waals surface area contributed by atoms with Crippen LogP contribution >= 0.6 is 11.6 Å². The Morgan fingerprint density at radius 3 is 2.56 bits per heavy atom. The summed E-state index contributed by atoms with van der Waals surface area (Å²) in [6.07, 6.45) is -3.10. The molecule has 10 heteroatoms. The van der Waals surface area contributed by atoms with E-state index in [9.17, 15) is 27.2 Å². The summed E-state index contributed by atoms with van der Waals surface area (Å²) >= 11 is 5.58. The van der Waals surface area contributed by atoms with Crippen molar-refractivity contribution < 1.29 is 22.4 Å². The second kappa shape index (κ2) is 7.83. The summed E-state index contributed by atoms with van der Waals surface area (Å²) in [7, 11) is 0. The molecule has 2 amide bonds. The minimum atomic E-state index is -4.74. The molecule has 0 bridgehead atoms. The summed E-state index contributed by atoms with van der Waals surface area (Å²) in [5.41, 5.74) is 2.79. The highest BCUT2D eigenvalue weighted by molar-refractivity contribution is 6.30. The van der Waals surface area contributed by atoms with Crippen LogP contribution in [0.5, 0.6) is 0 Å². The van der Waals surface area contributed by atoms with Gasteiger partial charge in [-0.05, 0) is 24.3 Å². The van der Waals surface area contributed by atoms with Crippen molar-refractivity contribution in [2.45, 2.75) is 19.1 Å². The van der Waals surface area contributed by atoms with Crippen LogP contribution in [0.25, 0.3) is 0 Å². The number of urea groups is 1. The van der Waals surface area contributed by atoms with Crippen molar-refractivity contribution in [3.05, 3.63) is 74.9 Å². The van der Waals surface area contributed by atoms with Crippen molar-refractivity contribution in [2.75, 3.05) is 5.32 Å². The van der Waals surface area contributed by atoms with Crippen molar-refractivity contribution in [1.82, 2.24) is 4.57 Å². The van der Waals surface area contributed by atoms with E-state index in [4.69, 9.17) is 17.3 Å². The van der Waals surface area contributed by atoms with Gasteiger partial charge in [-0.25, -0.2) is 9.18 Å². The number of carbonyl (C=O) groups excluding carboxylic acids is 1. The molecule has 144 valence electrons. The summed E-state index contributed by atoms with van der Waals surface area (Å²) in [5.74, 6) is -1.07. The first-order chi connectivity index (χ1) is 12.5. The number of amides is 2. The molecule has 0 fully saturated rings. The van der Waals surface area contributed by atoms with Crippen LogP contribution in [0.4, 0.5) is 28.0 Å². The number of primary amides is 1. The number of aromatic nitrogens is 1. The van der Waals surface area contributed by atoms with Crippen LogP contribution in [0.1, 0.15) is 16.8 Å². The Balaban J connectivity index is 2.62. The Morgan fingerprint density at radius 1 is 1.33 bits per heavy atom. The molecule has 0 atom stereocenters. The van der Waals surface area contributed by atoms with Crippen molar-refractivity contribution in [1.29, 1.82) is 0 Å². The molecule has 0 radical (unpaired) electrons. The number of halogens is 5. The highest BCUT2D eigenvalue weighted by Gasteiger charge is 2.32. The highest BCUT2D eigenvalue weighted by Crippen LogP contribution is 2.33. The second-order valence-corrected chi connectivity index (χ2v) is 5.95. The molecule has 0 saturated heterocycles. The van der Waals surface area contributed by atoms with Crippen LogP contribution in [0.15, 0.2) is 41.7 Å². The molecule has 0 aliphatic carbocycles. The quantitative estimate of drug-likeness (QED) is 0.586. The SMILES string of the molecule is C=CCc1ccc(NC(N)=O)c(=O)n1Cc1cc(C(F)(F)F)cc(Cl)c1F. The molecule has 2 rings (SSSR count). The van der Waals surface area contributed by atoms with E-state index in [0.717, 1.165) is 4.57 Å². The largest absolute Gasteiger partial charge is 0.416 e. The number of hydrogen-bond donors (Lipinski definition) is 2. The molecule has 0 aliphatic rings. The molecule has 2 aromatic rings. The van der Waals surface area contributed by atoms with Gasteiger partial charge >= 0.3 is 12.2 Å². The molecular weight excluding hydrogens is 390 g/mol. The topological polar surface area (TPSA) is 77.1 Å². The highest BCUT2D eigenvalue weighted by atomic mass is 35.5. The number of nitrogens with two attached hydrogens (primary N) is 1. The number of hydrogen-bond acceptors (Lipinski definition) is 2. The summed E-state index contributed by atoms with van der Waals surface area (Å²) in [5, 5.41) is 1.39. The second-order valence-electron chi connectivity index (χ2n) is 5.54. The summed E-state index contributed by atoms with van der Waals surface area (Å²) in [4.78, 5) is 23.6. The number of allylic oxidation sites excluding steroid dienone is 1. The number of alkyl halides is 3. The van der Waals surface area contributed by atoms with Crippen molar-refractivity contribution in [3.63, 3.8) is 0 Å². The minimum absolute atomic E-state index is 0.181. The smallest absolute Gasteiger partial charge is 0.351 e. The zero-order chi connectivity index (χ0) is 20.4. The van der Waals surface area contributed by atoms with E-state index >= 15 is 0 Å². The van der Waals surface area contributed by atoms with Crippen LogP contribution in [-0.4, -0.2) is 10.6 Å². The lowest BCUT2D eigenvalue weighted by Gasteiger charge is -2.16. The number of anilines is 1. The number of rotatable bonds is 5. The van der Waals surface area contributed by atoms with Crippen LogP contribution in [-0.2, 0) is 19.1 Å². The van der Waals surface area contributed by atoms with E-state index in [0.29, 0.717) is 17.8 Å². The van der Waals surface area contributed by atoms with Gasteiger partial charge in [-0.15, -0.1) is 6.58 Å². The van der Waals surface area contributed by atoms with Crippen LogP contribution in [0.2, 0.25) is 5.02 Å². The Kier molecular flexibility index (Phi) is 5.94. The number of carbonyl (C=O) groups is 1. The lowest BCUT2D eigenvalue weighted by Crippen LogP contribution is -2.30. The van der Waals surface area contributed by atoms with E-state index in [2.05, 4.69) is 11.9 Å². The first-order valence-electron chi connectivity index (χ1n) is 7.49. The van der Waals surface area contributed by atoms with E-state index < -0.39 is 46.3 Å². The molecule has 1 heterocycles. The van der Waals surface area contributed by atoms with Crippen molar-refractivity contribution in [3.8, 4) is 0 Å². The Labute approximate surface area is 156 Å². The number of pyridine rings is 1. The minimum Gasteiger partial charge on any atom is -0.351 e. The van der Waals surface area contributed by atoms with Gasteiger partial charge in [-0.1, -0.05) is 17.7 Å². The fourth-order valence-electron chi connectivity index (χ4n) is 2.44. The van der Waals surface area contributed by atoms with E-state index in [1.165, 1.54) is 18.2 Å². The Hall–Kier alpha value is -2.81. The van der Waals surface area contributed by atoms with Gasteiger partial charge in [0.2, 0.25) is 0 Å². The van der Waals surface area contributed by atoms with E-state index in [1.807, 2.05) is 0 Å². The monoisotopic (exact) mass is 403 g/mol. The number of nitrogens with one attached hydrogen (secondary N) is 1. The predicted octanol–water partition coefficient (Wildman–Crippen LogP) is 3.93. The third kappa shape index (κ3) is 4.68. The average Bonchev–Trinajstić information content (AvgIpc) is 2.56. The maximum absolute atomic E-state index is 14.3. The van der Waals surface area contributed by atoms with Gasteiger partial charge in [0.05, 0.1) is 17.1 Å². The number of benzene rings is 1. The molecule has 1 aromatic carbocycles. The van der Waals surface area contributed by atoms with Gasteiger partial charge in [0.1, 0.15) is 11.5 Å². The fourth-order valence-corrected chi connectivity index (χ4v) is 2.68. The molecule has 0 saturated carbocycles. The van der Waals surface area contributed by atoms with E-state index in [1.54, 1.807) is 0 Å². The first kappa shape index (κ1) is 20.5. The molecule has 1 aromatic heterocycles. The maximum atomic E-state index is 14.3. The zero-order valence-corrected chi connectivity index (χ0v) is 14.5. The maximum Gasteiger partial charge on any atom is 0.416 e. The van der Waals surface area contributed by atoms with Crippen LogP contribution in [0.3, 0.4) is 0 Å². The number of nitrogens with zero attached hydrogens (tertiary/aromatic N) is 1. The van der Waals surface area contributed by atoms with Gasteiger partial charge in [0.25, 0.3) is 5.56 Å². The van der Waals surface area contributed by atoms with Gasteiger partial charge in [0, 0.05) is 17.7 Å². The predicted molar refractivity (Wildman–Crippen MR) is 93.3 cm³/mol. The zero-order valence-electron chi connectivity index (χ0n) is 13.7. The van der Waals surface area contributed by atoms with Gasteiger partial charge < -0.3 is 15.6 Å². The van der Waals surface area contributed by atoms with E-state index in [-0.39, 0.29) is 12.1 Å². The molecule has 3 N–H and O–H groups in total. The van der Waals surface area contributed by atoms with Crippen LogP contribution < -0.4 is 16.6 Å². The third-order valence-electron chi connectivity index (χ3n) is 3.64. The molecule has 27 heavy (non-hydrogen) atoms. The third-order valence-corrected chi connectivity index (χ3v) is 3.91. The van der Waals surface area contributed by atoms with Gasteiger partial charge in [-0.2, -0.15) is 13.2 Å². The standard InChI is InChI=1S/C17H14ClF4N3O2/c1-2-3-11-4-5-13(24-16(23)27)15(26)25(11)8-9-6-10(17(20,21)22)7-12(18)14(9)19/h2,4-7H,1,3,8H2,(H3,23,24,27). The lowest BCUT2D eigenvalue weighted by atomic mass is 10.1. The summed E-state index contributed by atoms with van der Waals surface area (Å²) < 4.78 is 54.2. The molecule has 5 nitrogen and oxygen atoms in total. The summed E-state index contributed by atoms with van der Waals surface area (Å²) in [6, 6.07) is 2.79. The van der Waals surface area contributed by atoms with Crippen LogP contribution in [0, 0.1) is 5.82 Å².